The minimum absolute atomic E-state index is 0.0696. The summed E-state index contributed by atoms with van der Waals surface area (Å²) in [5.41, 5.74) is 2.31. The molecule has 1 unspecified atom stereocenters. The van der Waals surface area contributed by atoms with Gasteiger partial charge in [0.05, 0.1) is 9.88 Å². The Labute approximate surface area is 214 Å². The summed E-state index contributed by atoms with van der Waals surface area (Å²) in [6.07, 6.45) is 1.20. The second kappa shape index (κ2) is 11.7. The van der Waals surface area contributed by atoms with E-state index in [2.05, 4.69) is 10.3 Å². The van der Waals surface area contributed by atoms with Gasteiger partial charge in [-0.3, -0.25) is 9.59 Å². The van der Waals surface area contributed by atoms with Gasteiger partial charge in [-0.15, -0.1) is 11.3 Å². The first-order valence-corrected chi connectivity index (χ1v) is 12.6. The maximum Gasteiger partial charge on any atom is 0.271 e. The van der Waals surface area contributed by atoms with Gasteiger partial charge in [0.15, 0.2) is 0 Å². The predicted molar refractivity (Wildman–Crippen MR) is 142 cm³/mol. The Kier molecular flexibility index (Phi) is 8.23. The minimum atomic E-state index is -0.390. The van der Waals surface area contributed by atoms with Crippen LogP contribution in [-0.4, -0.2) is 41.3 Å². The third-order valence-electron chi connectivity index (χ3n) is 6.03. The van der Waals surface area contributed by atoms with Gasteiger partial charge in [-0.1, -0.05) is 66.7 Å². The van der Waals surface area contributed by atoms with Crippen LogP contribution in [0.3, 0.4) is 0 Å². The summed E-state index contributed by atoms with van der Waals surface area (Å²) in [6, 6.07) is 25.4. The summed E-state index contributed by atoms with van der Waals surface area (Å²) >= 11 is 1.29. The summed E-state index contributed by atoms with van der Waals surface area (Å²) in [4.78, 5) is 32.8. The standard InChI is InChI=1S/C29H28FN3O2S/c1-20-32-26(27(36-20)24-15-9-10-16-25(24)30)28(34)31-18-17-23(19-21-11-5-3-6-12-21)33(2)29(35)22-13-7-4-8-14-22/h3-16,23H,17-19H2,1-2H3,(H,31,34). The summed E-state index contributed by atoms with van der Waals surface area (Å²) in [7, 11) is 1.80. The van der Waals surface area contributed by atoms with Gasteiger partial charge in [0, 0.05) is 30.8 Å². The molecule has 0 bridgehead atoms. The van der Waals surface area contributed by atoms with E-state index in [9.17, 15) is 14.0 Å². The Hall–Kier alpha value is -3.84. The number of aryl methyl sites for hydroxylation is 1. The van der Waals surface area contributed by atoms with Crippen molar-refractivity contribution in [3.05, 3.63) is 113 Å². The molecular weight excluding hydrogens is 473 g/mol. The Morgan fingerprint density at radius 1 is 0.972 bits per heavy atom. The maximum atomic E-state index is 14.4. The van der Waals surface area contributed by atoms with Gasteiger partial charge < -0.3 is 10.2 Å². The molecule has 0 aliphatic heterocycles. The third-order valence-corrected chi connectivity index (χ3v) is 7.04. The monoisotopic (exact) mass is 501 g/mol. The fourth-order valence-electron chi connectivity index (χ4n) is 4.11. The van der Waals surface area contributed by atoms with Gasteiger partial charge in [-0.2, -0.15) is 0 Å². The van der Waals surface area contributed by atoms with Crippen molar-refractivity contribution in [2.24, 2.45) is 0 Å². The van der Waals surface area contributed by atoms with Crippen molar-refractivity contribution < 1.29 is 14.0 Å². The second-order valence-corrected chi connectivity index (χ2v) is 9.76. The van der Waals surface area contributed by atoms with Crippen LogP contribution in [0.25, 0.3) is 10.4 Å². The number of thiazole rings is 1. The van der Waals surface area contributed by atoms with Crippen LogP contribution in [0, 0.1) is 12.7 Å². The van der Waals surface area contributed by atoms with E-state index in [4.69, 9.17) is 0 Å². The maximum absolute atomic E-state index is 14.4. The molecule has 5 nitrogen and oxygen atoms in total. The van der Waals surface area contributed by atoms with Gasteiger partial charge in [-0.05, 0) is 43.5 Å². The van der Waals surface area contributed by atoms with Crippen LogP contribution in [0.2, 0.25) is 0 Å². The summed E-state index contributed by atoms with van der Waals surface area (Å²) in [6.45, 7) is 2.14. The van der Waals surface area contributed by atoms with Gasteiger partial charge in [-0.25, -0.2) is 9.37 Å². The van der Waals surface area contributed by atoms with E-state index in [0.29, 0.717) is 40.4 Å². The molecule has 0 fully saturated rings. The molecule has 184 valence electrons. The first-order valence-electron chi connectivity index (χ1n) is 11.8. The molecule has 1 N–H and O–H groups in total. The number of benzene rings is 3. The molecule has 4 rings (SSSR count). The van der Waals surface area contributed by atoms with E-state index in [1.54, 1.807) is 49.2 Å². The molecule has 7 heteroatoms. The highest BCUT2D eigenvalue weighted by Gasteiger charge is 2.23. The van der Waals surface area contributed by atoms with Crippen molar-refractivity contribution in [2.45, 2.75) is 25.8 Å². The van der Waals surface area contributed by atoms with E-state index < -0.39 is 0 Å². The van der Waals surface area contributed by atoms with Gasteiger partial charge in [0.1, 0.15) is 11.5 Å². The lowest BCUT2D eigenvalue weighted by molar-refractivity contribution is 0.0723. The van der Waals surface area contributed by atoms with E-state index >= 15 is 0 Å². The van der Waals surface area contributed by atoms with E-state index in [1.807, 2.05) is 48.5 Å². The quantitative estimate of drug-likeness (QED) is 0.317. The molecule has 3 aromatic carbocycles. The number of rotatable bonds is 9. The number of likely N-dealkylation sites (N-methyl/N-ethyl adjacent to an activating group) is 1. The van der Waals surface area contributed by atoms with Crippen LogP contribution >= 0.6 is 11.3 Å². The Morgan fingerprint density at radius 2 is 1.61 bits per heavy atom. The van der Waals surface area contributed by atoms with Crippen molar-refractivity contribution in [1.29, 1.82) is 0 Å². The van der Waals surface area contributed by atoms with Crippen LogP contribution in [0.1, 0.15) is 37.8 Å². The van der Waals surface area contributed by atoms with Crippen molar-refractivity contribution in [3.8, 4) is 10.4 Å². The molecule has 0 aliphatic rings. The molecule has 36 heavy (non-hydrogen) atoms. The van der Waals surface area contributed by atoms with Crippen molar-refractivity contribution >= 4 is 23.2 Å². The number of hydrogen-bond donors (Lipinski definition) is 1. The zero-order valence-corrected chi connectivity index (χ0v) is 21.1. The fraction of sp³-hybridized carbons (Fsp3) is 0.207. The molecule has 0 saturated heterocycles. The number of amides is 2. The molecule has 1 aromatic heterocycles. The number of carbonyl (C=O) groups excluding carboxylic acids is 2. The highest BCUT2D eigenvalue weighted by molar-refractivity contribution is 7.15. The van der Waals surface area contributed by atoms with Gasteiger partial charge in [0.25, 0.3) is 11.8 Å². The minimum Gasteiger partial charge on any atom is -0.351 e. The molecule has 2 amide bonds. The van der Waals surface area contributed by atoms with Crippen LogP contribution < -0.4 is 5.32 Å². The van der Waals surface area contributed by atoms with Crippen LogP contribution in [0.4, 0.5) is 4.39 Å². The van der Waals surface area contributed by atoms with E-state index in [0.717, 1.165) is 5.56 Å². The third kappa shape index (κ3) is 6.04. The average molecular weight is 502 g/mol. The molecule has 0 radical (unpaired) electrons. The number of carbonyl (C=O) groups is 2. The van der Waals surface area contributed by atoms with Crippen molar-refractivity contribution in [2.75, 3.05) is 13.6 Å². The predicted octanol–water partition coefficient (Wildman–Crippen LogP) is 5.76. The summed E-state index contributed by atoms with van der Waals surface area (Å²) in [5.74, 6) is -0.813. The number of halogens is 1. The average Bonchev–Trinajstić information content (AvgIpc) is 3.30. The molecular formula is C29H28FN3O2S. The summed E-state index contributed by atoms with van der Waals surface area (Å²) < 4.78 is 14.4. The fourth-order valence-corrected chi connectivity index (χ4v) is 5.06. The highest BCUT2D eigenvalue weighted by atomic mass is 32.1. The molecule has 1 atom stereocenters. The topological polar surface area (TPSA) is 62.3 Å². The van der Waals surface area contributed by atoms with Gasteiger partial charge >= 0.3 is 0 Å². The number of aromatic nitrogens is 1. The number of hydrogen-bond acceptors (Lipinski definition) is 4. The van der Waals surface area contributed by atoms with Crippen LogP contribution in [-0.2, 0) is 6.42 Å². The Balaban J connectivity index is 1.48. The van der Waals surface area contributed by atoms with Crippen LogP contribution in [0.5, 0.6) is 0 Å². The smallest absolute Gasteiger partial charge is 0.271 e. The molecule has 0 spiro atoms. The Morgan fingerprint density at radius 3 is 2.31 bits per heavy atom. The molecule has 1 heterocycles. The van der Waals surface area contributed by atoms with Crippen molar-refractivity contribution in [3.63, 3.8) is 0 Å². The lowest BCUT2D eigenvalue weighted by atomic mass is 10.0. The van der Waals surface area contributed by atoms with E-state index in [-0.39, 0.29) is 29.4 Å². The number of nitrogens with zero attached hydrogens (tertiary/aromatic N) is 2. The molecule has 4 aromatic rings. The molecule has 0 saturated carbocycles. The largest absolute Gasteiger partial charge is 0.351 e. The molecule has 0 aliphatic carbocycles. The number of nitrogens with one attached hydrogen (secondary N) is 1. The summed E-state index contributed by atoms with van der Waals surface area (Å²) in [5, 5.41) is 3.63. The lowest BCUT2D eigenvalue weighted by Crippen LogP contribution is -2.41. The first-order chi connectivity index (χ1) is 17.4. The van der Waals surface area contributed by atoms with Crippen molar-refractivity contribution in [1.82, 2.24) is 15.2 Å². The first kappa shape index (κ1) is 25.3. The van der Waals surface area contributed by atoms with E-state index in [1.165, 1.54) is 17.4 Å². The zero-order chi connectivity index (χ0) is 25.5. The normalized spacial score (nSPS) is 11.6. The lowest BCUT2D eigenvalue weighted by Gasteiger charge is -2.29. The highest BCUT2D eigenvalue weighted by Crippen LogP contribution is 2.32. The Bertz CT molecular complexity index is 1320. The second-order valence-electron chi connectivity index (χ2n) is 8.56. The SMILES string of the molecule is Cc1nc(C(=O)NCCC(Cc2ccccc2)N(C)C(=O)c2ccccc2)c(-c2ccccc2F)s1. The van der Waals surface area contributed by atoms with Gasteiger partial charge in [0.2, 0.25) is 0 Å². The zero-order valence-electron chi connectivity index (χ0n) is 20.3. The van der Waals surface area contributed by atoms with Crippen LogP contribution in [0.15, 0.2) is 84.9 Å².